The molecule has 1 aromatic rings. The first-order chi connectivity index (χ1) is 13.5. The molecule has 0 bridgehead atoms. The summed E-state index contributed by atoms with van der Waals surface area (Å²) in [6.45, 7) is 8.00. The number of halogens is 1. The summed E-state index contributed by atoms with van der Waals surface area (Å²) in [5, 5.41) is 10.0. The summed E-state index contributed by atoms with van der Waals surface area (Å²) in [5.41, 5.74) is -1.34. The maximum atomic E-state index is 14.4. The third kappa shape index (κ3) is 4.03. The third-order valence-corrected chi connectivity index (χ3v) is 5.74. The molecule has 2 unspecified atom stereocenters. The topological polar surface area (TPSA) is 85.3 Å². The number of likely N-dealkylation sites (tertiary alicyclic amines) is 1. The molecule has 2 heterocycles. The molecule has 1 N–H and O–H groups in total. The van der Waals surface area contributed by atoms with Crippen LogP contribution in [-0.4, -0.2) is 54.0 Å². The second kappa shape index (κ2) is 7.82. The van der Waals surface area contributed by atoms with Gasteiger partial charge in [-0.3, -0.25) is 9.69 Å². The molecule has 1 aromatic carbocycles. The number of esters is 1. The van der Waals surface area contributed by atoms with E-state index in [0.717, 1.165) is 0 Å². The van der Waals surface area contributed by atoms with Gasteiger partial charge in [-0.2, -0.15) is 0 Å². The van der Waals surface area contributed by atoms with E-state index in [1.807, 2.05) is 20.8 Å². The maximum Gasteiger partial charge on any atom is 0.408 e. The Morgan fingerprint density at radius 1 is 1.31 bits per heavy atom. The van der Waals surface area contributed by atoms with Crippen molar-refractivity contribution in [3.05, 3.63) is 29.6 Å². The Labute approximate surface area is 169 Å². The van der Waals surface area contributed by atoms with Gasteiger partial charge >= 0.3 is 12.1 Å². The van der Waals surface area contributed by atoms with Gasteiger partial charge < -0.3 is 19.3 Å². The van der Waals surface area contributed by atoms with Crippen molar-refractivity contribution in [2.75, 3.05) is 19.8 Å². The molecule has 0 spiro atoms. The monoisotopic (exact) mass is 409 g/mol. The van der Waals surface area contributed by atoms with Gasteiger partial charge in [0.15, 0.2) is 0 Å². The zero-order valence-electron chi connectivity index (χ0n) is 17.2. The van der Waals surface area contributed by atoms with Crippen molar-refractivity contribution >= 4 is 12.1 Å². The molecule has 29 heavy (non-hydrogen) atoms. The Morgan fingerprint density at radius 2 is 2.03 bits per heavy atom. The molecule has 0 saturated carbocycles. The van der Waals surface area contributed by atoms with Crippen molar-refractivity contribution in [2.24, 2.45) is 5.41 Å². The van der Waals surface area contributed by atoms with Crippen LogP contribution < -0.4 is 4.74 Å². The Morgan fingerprint density at radius 3 is 2.59 bits per heavy atom. The number of rotatable bonds is 4. The molecular weight excluding hydrogens is 381 g/mol. The molecule has 0 aliphatic carbocycles. The lowest BCUT2D eigenvalue weighted by Gasteiger charge is -2.47. The molecule has 8 heteroatoms. The number of carbonyl (C=O) groups excluding carboxylic acids is 1. The van der Waals surface area contributed by atoms with Crippen molar-refractivity contribution < 1.29 is 33.3 Å². The lowest BCUT2D eigenvalue weighted by molar-refractivity contribution is -0.145. The van der Waals surface area contributed by atoms with Crippen LogP contribution in [0.4, 0.5) is 9.18 Å². The average Bonchev–Trinajstić information content (AvgIpc) is 3.23. The van der Waals surface area contributed by atoms with Crippen LogP contribution >= 0.6 is 0 Å². The predicted octanol–water partition coefficient (Wildman–Crippen LogP) is 3.55. The number of hydrogen-bond acceptors (Lipinski definition) is 5. The highest BCUT2D eigenvalue weighted by Gasteiger charge is 2.58. The van der Waals surface area contributed by atoms with Gasteiger partial charge in [-0.25, -0.2) is 9.18 Å². The molecule has 2 aliphatic rings. The van der Waals surface area contributed by atoms with E-state index in [9.17, 15) is 19.1 Å². The molecular formula is C21H28FNO6. The fourth-order valence-corrected chi connectivity index (χ4v) is 4.50. The number of hydrogen-bond donors (Lipinski definition) is 1. The number of ether oxygens (including phenoxy) is 3. The highest BCUT2D eigenvalue weighted by molar-refractivity contribution is 5.69. The molecule has 2 aliphatic heterocycles. The van der Waals surface area contributed by atoms with Crippen molar-refractivity contribution in [3.8, 4) is 5.75 Å². The molecule has 0 aromatic heterocycles. The quantitative estimate of drug-likeness (QED) is 0.766. The first-order valence-electron chi connectivity index (χ1n) is 9.77. The van der Waals surface area contributed by atoms with Gasteiger partial charge in [-0.1, -0.05) is 20.8 Å². The molecule has 1 amide bonds. The lowest BCUT2D eigenvalue weighted by Crippen LogP contribution is -2.53. The highest BCUT2D eigenvalue weighted by atomic mass is 19.1. The minimum Gasteiger partial charge on any atom is -0.488 e. The smallest absolute Gasteiger partial charge is 0.408 e. The number of amides is 1. The van der Waals surface area contributed by atoms with Crippen LogP contribution in [0.1, 0.15) is 46.1 Å². The number of carbonyl (C=O) groups is 2. The summed E-state index contributed by atoms with van der Waals surface area (Å²) in [7, 11) is 0. The standard InChI is InChI=1S/C21H28FNO6/c1-13(24)28-16-10-21(20(2,3)4,23(11-16)19(25)26)17-9-14(22)5-6-18(17)29-15-7-8-27-12-15/h5-6,9,15-16H,7-8,10-12H2,1-4H3,(H,25,26)/t15?,16?,21-/m0/s1. The minimum absolute atomic E-state index is 0.00861. The van der Waals surface area contributed by atoms with Crippen LogP contribution in [0, 0.1) is 11.2 Å². The Balaban J connectivity index is 2.14. The van der Waals surface area contributed by atoms with Gasteiger partial charge in [0.1, 0.15) is 23.8 Å². The molecule has 2 fully saturated rings. The van der Waals surface area contributed by atoms with Crippen molar-refractivity contribution in [3.63, 3.8) is 0 Å². The zero-order valence-corrected chi connectivity index (χ0v) is 17.2. The van der Waals surface area contributed by atoms with Gasteiger partial charge in [0, 0.05) is 25.3 Å². The van der Waals surface area contributed by atoms with Crippen LogP contribution in [0.25, 0.3) is 0 Å². The number of carboxylic acid groups (broad SMARTS) is 1. The summed E-state index contributed by atoms with van der Waals surface area (Å²) in [5.74, 6) is -0.546. The molecule has 3 rings (SSSR count). The van der Waals surface area contributed by atoms with E-state index in [1.54, 1.807) is 0 Å². The van der Waals surface area contributed by atoms with Crippen LogP contribution in [0.15, 0.2) is 18.2 Å². The van der Waals surface area contributed by atoms with E-state index in [1.165, 1.54) is 30.0 Å². The van der Waals surface area contributed by atoms with Gasteiger partial charge in [-0.05, 0) is 23.6 Å². The van der Waals surface area contributed by atoms with E-state index in [-0.39, 0.29) is 19.1 Å². The van der Waals surface area contributed by atoms with E-state index in [0.29, 0.717) is 30.9 Å². The Bertz CT molecular complexity index is 786. The fraction of sp³-hybridized carbons (Fsp3) is 0.619. The fourth-order valence-electron chi connectivity index (χ4n) is 4.50. The molecule has 0 radical (unpaired) electrons. The summed E-state index contributed by atoms with van der Waals surface area (Å²) < 4.78 is 31.2. The van der Waals surface area contributed by atoms with Gasteiger partial charge in [0.25, 0.3) is 0 Å². The maximum absolute atomic E-state index is 14.4. The van der Waals surface area contributed by atoms with Crippen LogP contribution in [0.5, 0.6) is 5.75 Å². The average molecular weight is 409 g/mol. The predicted molar refractivity (Wildman–Crippen MR) is 102 cm³/mol. The second-order valence-corrected chi connectivity index (χ2v) is 8.68. The number of benzene rings is 1. The van der Waals surface area contributed by atoms with Crippen LogP contribution in [0.3, 0.4) is 0 Å². The Hall–Kier alpha value is -2.35. The van der Waals surface area contributed by atoms with Crippen LogP contribution in [0.2, 0.25) is 0 Å². The Kier molecular flexibility index (Phi) is 5.76. The zero-order chi connectivity index (χ0) is 21.4. The first kappa shape index (κ1) is 21.4. The lowest BCUT2D eigenvalue weighted by atomic mass is 9.67. The second-order valence-electron chi connectivity index (χ2n) is 8.68. The third-order valence-electron chi connectivity index (χ3n) is 5.74. The molecule has 160 valence electrons. The molecule has 7 nitrogen and oxygen atoms in total. The SMILES string of the molecule is CC(=O)OC1CN(C(=O)O)[C@@](c2cc(F)ccc2OC2CCOC2)(C(C)(C)C)C1. The number of nitrogens with zero attached hydrogens (tertiary/aromatic N) is 1. The van der Waals surface area contributed by atoms with E-state index in [2.05, 4.69) is 0 Å². The van der Waals surface area contributed by atoms with E-state index >= 15 is 0 Å². The largest absolute Gasteiger partial charge is 0.488 e. The van der Waals surface area contributed by atoms with E-state index < -0.39 is 34.9 Å². The molecule has 2 saturated heterocycles. The van der Waals surface area contributed by atoms with Crippen molar-refractivity contribution in [1.82, 2.24) is 4.90 Å². The normalized spacial score (nSPS) is 27.1. The molecule has 3 atom stereocenters. The first-order valence-corrected chi connectivity index (χ1v) is 9.77. The minimum atomic E-state index is -1.16. The van der Waals surface area contributed by atoms with E-state index in [4.69, 9.17) is 14.2 Å². The van der Waals surface area contributed by atoms with Gasteiger partial charge in [-0.15, -0.1) is 0 Å². The summed E-state index contributed by atoms with van der Waals surface area (Å²) in [4.78, 5) is 25.0. The summed E-state index contributed by atoms with van der Waals surface area (Å²) in [6, 6.07) is 4.17. The van der Waals surface area contributed by atoms with Gasteiger partial charge in [0.2, 0.25) is 0 Å². The van der Waals surface area contributed by atoms with Crippen LogP contribution in [-0.2, 0) is 19.8 Å². The highest BCUT2D eigenvalue weighted by Crippen LogP contribution is 2.54. The van der Waals surface area contributed by atoms with Crippen molar-refractivity contribution in [2.45, 2.75) is 58.3 Å². The summed E-state index contributed by atoms with van der Waals surface area (Å²) >= 11 is 0. The van der Waals surface area contributed by atoms with Gasteiger partial charge in [0.05, 0.1) is 25.3 Å². The summed E-state index contributed by atoms with van der Waals surface area (Å²) in [6.07, 6.45) is -1.05. The van der Waals surface area contributed by atoms with Crippen molar-refractivity contribution in [1.29, 1.82) is 0 Å².